The minimum atomic E-state index is -0.106. The zero-order valence-electron chi connectivity index (χ0n) is 16.2. The van der Waals surface area contributed by atoms with Gasteiger partial charge in [0, 0.05) is 19.2 Å². The largest absolute Gasteiger partial charge is 0.490 e. The molecule has 0 amide bonds. The van der Waals surface area contributed by atoms with Gasteiger partial charge in [0.05, 0.1) is 23.8 Å². The summed E-state index contributed by atoms with van der Waals surface area (Å²) in [6, 6.07) is 7.79. The highest BCUT2D eigenvalue weighted by molar-refractivity contribution is 5.72. The second-order valence-corrected chi connectivity index (χ2v) is 7.33. The summed E-state index contributed by atoms with van der Waals surface area (Å²) in [5.74, 6) is 0.613. The first-order valence-electron chi connectivity index (χ1n) is 9.54. The van der Waals surface area contributed by atoms with Gasteiger partial charge in [-0.3, -0.25) is 9.48 Å². The van der Waals surface area contributed by atoms with Crippen LogP contribution in [0, 0.1) is 5.92 Å². The zero-order chi connectivity index (χ0) is 19.4. The molecule has 0 radical (unpaired) electrons. The van der Waals surface area contributed by atoms with Crippen molar-refractivity contribution in [3.8, 4) is 17.0 Å². The number of esters is 1. The predicted molar refractivity (Wildman–Crippen MR) is 102 cm³/mol. The summed E-state index contributed by atoms with van der Waals surface area (Å²) < 4.78 is 13.2. The molecule has 0 aliphatic heterocycles. The van der Waals surface area contributed by atoms with Crippen molar-refractivity contribution in [1.82, 2.24) is 15.0 Å². The Morgan fingerprint density at radius 3 is 2.70 bits per heavy atom. The number of carbonyl (C=O) groups excluding carboxylic acids is 1. The highest BCUT2D eigenvalue weighted by atomic mass is 16.5. The Morgan fingerprint density at radius 1 is 1.30 bits per heavy atom. The molecular formula is C20H28N4O3. The van der Waals surface area contributed by atoms with Gasteiger partial charge in [0.25, 0.3) is 0 Å². The number of hydrogen-bond donors (Lipinski definition) is 1. The molecule has 1 aromatic carbocycles. The normalized spacial score (nSPS) is 19.9. The maximum Gasteiger partial charge on any atom is 0.309 e. The van der Waals surface area contributed by atoms with Crippen LogP contribution in [0.3, 0.4) is 0 Å². The van der Waals surface area contributed by atoms with Gasteiger partial charge in [-0.25, -0.2) is 0 Å². The van der Waals surface area contributed by atoms with Crippen LogP contribution in [-0.4, -0.2) is 33.2 Å². The molecule has 0 bridgehead atoms. The van der Waals surface area contributed by atoms with E-state index < -0.39 is 0 Å². The highest BCUT2D eigenvalue weighted by Gasteiger charge is 2.30. The monoisotopic (exact) mass is 372 g/mol. The van der Waals surface area contributed by atoms with Crippen molar-refractivity contribution in [2.45, 2.75) is 58.3 Å². The smallest absolute Gasteiger partial charge is 0.309 e. The van der Waals surface area contributed by atoms with E-state index in [4.69, 9.17) is 15.2 Å². The van der Waals surface area contributed by atoms with Gasteiger partial charge in [0.2, 0.25) is 0 Å². The molecule has 0 spiro atoms. The topological polar surface area (TPSA) is 92.3 Å². The van der Waals surface area contributed by atoms with Gasteiger partial charge in [-0.05, 0) is 63.8 Å². The van der Waals surface area contributed by atoms with Crippen molar-refractivity contribution < 1.29 is 14.3 Å². The van der Waals surface area contributed by atoms with Crippen molar-refractivity contribution in [1.29, 1.82) is 0 Å². The molecule has 1 heterocycles. The van der Waals surface area contributed by atoms with E-state index in [1.807, 2.05) is 45.2 Å². The summed E-state index contributed by atoms with van der Waals surface area (Å²) in [5, 5.41) is 8.23. The predicted octanol–water partition coefficient (Wildman–Crippen LogP) is 2.83. The molecule has 2 aromatic rings. The van der Waals surface area contributed by atoms with Crippen molar-refractivity contribution in [2.24, 2.45) is 18.7 Å². The van der Waals surface area contributed by atoms with Crippen LogP contribution < -0.4 is 10.5 Å². The second-order valence-electron chi connectivity index (χ2n) is 7.33. The molecule has 1 saturated carbocycles. The standard InChI is InChI=1S/C20H28N4O3/c1-13(2)26-20(25)15-5-4-6-17(11-15)27-16-9-7-14(8-10-16)19-18(12-21)24(3)23-22-19/h7-10,13,15,17H,4-6,11-12,21H2,1-3H3. The Bertz CT molecular complexity index is 770. The number of benzene rings is 1. The first-order valence-corrected chi connectivity index (χ1v) is 9.54. The SMILES string of the molecule is CC(C)OC(=O)C1CCCC(Oc2ccc(-c3nnn(C)c3CN)cc2)C1. The van der Waals surface area contributed by atoms with E-state index in [0.29, 0.717) is 13.0 Å². The van der Waals surface area contributed by atoms with Crippen LogP contribution in [0.5, 0.6) is 5.75 Å². The van der Waals surface area contributed by atoms with E-state index in [1.54, 1.807) is 4.68 Å². The summed E-state index contributed by atoms with van der Waals surface area (Å²) >= 11 is 0. The van der Waals surface area contributed by atoms with Gasteiger partial charge in [0.15, 0.2) is 0 Å². The molecule has 27 heavy (non-hydrogen) atoms. The molecule has 2 N–H and O–H groups in total. The first kappa shape index (κ1) is 19.4. The van der Waals surface area contributed by atoms with Gasteiger partial charge in [0.1, 0.15) is 11.4 Å². The van der Waals surface area contributed by atoms with Gasteiger partial charge in [-0.1, -0.05) is 5.21 Å². The first-order chi connectivity index (χ1) is 13.0. The molecule has 1 fully saturated rings. The number of nitrogens with zero attached hydrogens (tertiary/aromatic N) is 3. The quantitative estimate of drug-likeness (QED) is 0.784. The number of hydrogen-bond acceptors (Lipinski definition) is 6. The van der Waals surface area contributed by atoms with E-state index in [0.717, 1.165) is 42.0 Å². The van der Waals surface area contributed by atoms with Crippen LogP contribution in [0.25, 0.3) is 11.3 Å². The van der Waals surface area contributed by atoms with E-state index in [1.165, 1.54) is 0 Å². The third kappa shape index (κ3) is 4.66. The average molecular weight is 372 g/mol. The van der Waals surface area contributed by atoms with Gasteiger partial charge in [-0.2, -0.15) is 0 Å². The molecule has 1 aromatic heterocycles. The number of ether oxygens (including phenoxy) is 2. The Labute approximate surface area is 159 Å². The number of nitrogens with two attached hydrogens (primary N) is 1. The zero-order valence-corrected chi connectivity index (χ0v) is 16.2. The van der Waals surface area contributed by atoms with Crippen LogP contribution in [-0.2, 0) is 23.1 Å². The lowest BCUT2D eigenvalue weighted by Gasteiger charge is -2.29. The number of aromatic nitrogens is 3. The lowest BCUT2D eigenvalue weighted by atomic mass is 9.87. The van der Waals surface area contributed by atoms with Gasteiger partial charge < -0.3 is 15.2 Å². The molecule has 0 saturated heterocycles. The Kier molecular flexibility index (Phi) is 6.11. The van der Waals surface area contributed by atoms with Crippen LogP contribution in [0.4, 0.5) is 0 Å². The Hall–Kier alpha value is -2.41. The number of aryl methyl sites for hydroxylation is 1. The van der Waals surface area contributed by atoms with E-state index in [2.05, 4.69) is 10.3 Å². The van der Waals surface area contributed by atoms with Crippen molar-refractivity contribution >= 4 is 5.97 Å². The molecule has 1 aliphatic rings. The third-order valence-corrected chi connectivity index (χ3v) is 4.88. The molecular weight excluding hydrogens is 344 g/mol. The molecule has 146 valence electrons. The molecule has 7 nitrogen and oxygen atoms in total. The average Bonchev–Trinajstić information content (AvgIpc) is 3.02. The van der Waals surface area contributed by atoms with Crippen LogP contribution in [0.2, 0.25) is 0 Å². The molecule has 2 atom stereocenters. The summed E-state index contributed by atoms with van der Waals surface area (Å²) in [4.78, 5) is 12.2. The van der Waals surface area contributed by atoms with Crippen LogP contribution in [0.1, 0.15) is 45.2 Å². The van der Waals surface area contributed by atoms with E-state index in [9.17, 15) is 4.79 Å². The van der Waals surface area contributed by atoms with Crippen LogP contribution >= 0.6 is 0 Å². The number of rotatable bonds is 6. The lowest BCUT2D eigenvalue weighted by molar-refractivity contribution is -0.154. The summed E-state index contributed by atoms with van der Waals surface area (Å²) in [7, 11) is 1.83. The fourth-order valence-electron chi connectivity index (χ4n) is 3.51. The fourth-order valence-corrected chi connectivity index (χ4v) is 3.51. The van der Waals surface area contributed by atoms with Crippen molar-refractivity contribution in [3.63, 3.8) is 0 Å². The lowest BCUT2D eigenvalue weighted by Crippen LogP contribution is -2.31. The molecule has 3 rings (SSSR count). The van der Waals surface area contributed by atoms with E-state index in [-0.39, 0.29) is 24.1 Å². The molecule has 7 heteroatoms. The third-order valence-electron chi connectivity index (χ3n) is 4.88. The summed E-state index contributed by atoms with van der Waals surface area (Å²) in [6.45, 7) is 4.14. The molecule has 2 unspecified atom stereocenters. The summed E-state index contributed by atoms with van der Waals surface area (Å²) in [6.07, 6.45) is 3.46. The second kappa shape index (κ2) is 8.52. The van der Waals surface area contributed by atoms with Gasteiger partial charge in [-0.15, -0.1) is 5.10 Å². The van der Waals surface area contributed by atoms with Crippen molar-refractivity contribution in [2.75, 3.05) is 0 Å². The Balaban J connectivity index is 1.63. The van der Waals surface area contributed by atoms with Crippen molar-refractivity contribution in [3.05, 3.63) is 30.0 Å². The minimum Gasteiger partial charge on any atom is -0.490 e. The Morgan fingerprint density at radius 2 is 2.04 bits per heavy atom. The van der Waals surface area contributed by atoms with Gasteiger partial charge >= 0.3 is 5.97 Å². The maximum atomic E-state index is 12.2. The minimum absolute atomic E-state index is 0.0328. The fraction of sp³-hybridized carbons (Fsp3) is 0.550. The molecule has 1 aliphatic carbocycles. The van der Waals surface area contributed by atoms with Crippen LogP contribution in [0.15, 0.2) is 24.3 Å². The van der Waals surface area contributed by atoms with E-state index >= 15 is 0 Å². The summed E-state index contributed by atoms with van der Waals surface area (Å²) in [5.41, 5.74) is 8.43. The maximum absolute atomic E-state index is 12.2. The number of carbonyl (C=O) groups is 1. The highest BCUT2D eigenvalue weighted by Crippen LogP contribution is 2.30.